The number of amides is 1. The summed E-state index contributed by atoms with van der Waals surface area (Å²) < 4.78 is 10.9. The molecule has 25 heavy (non-hydrogen) atoms. The summed E-state index contributed by atoms with van der Waals surface area (Å²) >= 11 is 0. The smallest absolute Gasteiger partial charge is 0.261 e. The first-order valence-electron chi connectivity index (χ1n) is 8.27. The van der Waals surface area contributed by atoms with Gasteiger partial charge in [0.2, 0.25) is 0 Å². The summed E-state index contributed by atoms with van der Waals surface area (Å²) in [5.74, 6) is 1.89. The maximum absolute atomic E-state index is 12.5. The van der Waals surface area contributed by atoms with E-state index in [4.69, 9.17) is 9.47 Å². The van der Waals surface area contributed by atoms with Crippen molar-refractivity contribution in [1.29, 1.82) is 0 Å². The highest BCUT2D eigenvalue weighted by atomic mass is 16.5. The van der Waals surface area contributed by atoms with E-state index in [1.54, 1.807) is 24.1 Å². The monoisotopic (exact) mass is 341 g/mol. The van der Waals surface area contributed by atoms with Gasteiger partial charge in [-0.2, -0.15) is 0 Å². The molecule has 0 spiro atoms. The van der Waals surface area contributed by atoms with E-state index in [1.807, 2.05) is 18.3 Å². The van der Waals surface area contributed by atoms with Crippen molar-refractivity contribution in [3.63, 3.8) is 0 Å². The quantitative estimate of drug-likeness (QED) is 0.855. The Labute approximate surface area is 147 Å². The number of carbonyl (C=O) groups is 1. The molecular formula is C19H23N3O3. The lowest BCUT2D eigenvalue weighted by Gasteiger charge is -2.17. The van der Waals surface area contributed by atoms with E-state index in [2.05, 4.69) is 30.7 Å². The maximum atomic E-state index is 12.5. The summed E-state index contributed by atoms with van der Waals surface area (Å²) in [6.45, 7) is 7.21. The van der Waals surface area contributed by atoms with Gasteiger partial charge in [-0.15, -0.1) is 0 Å². The molecule has 0 saturated heterocycles. The molecule has 0 saturated carbocycles. The minimum atomic E-state index is -0.112. The van der Waals surface area contributed by atoms with Gasteiger partial charge in [-0.3, -0.25) is 4.79 Å². The van der Waals surface area contributed by atoms with Crippen molar-refractivity contribution in [3.05, 3.63) is 47.5 Å². The number of carbonyl (C=O) groups excluding carboxylic acids is 1. The highest BCUT2D eigenvalue weighted by molar-refractivity contribution is 5.78. The average Bonchev–Trinajstić information content (AvgIpc) is 3.02. The molecule has 1 aromatic carbocycles. The van der Waals surface area contributed by atoms with E-state index in [-0.39, 0.29) is 17.9 Å². The van der Waals surface area contributed by atoms with Gasteiger partial charge in [0, 0.05) is 23.7 Å². The molecule has 0 bridgehead atoms. The molecule has 0 radical (unpaired) electrons. The number of ether oxygens (including phenoxy) is 2. The molecule has 6 nitrogen and oxygen atoms in total. The second kappa shape index (κ2) is 6.70. The van der Waals surface area contributed by atoms with Gasteiger partial charge in [-0.25, -0.2) is 9.97 Å². The molecule has 0 aliphatic carbocycles. The lowest BCUT2D eigenvalue weighted by Crippen LogP contribution is -2.30. The second-order valence-electron chi connectivity index (χ2n) is 7.10. The van der Waals surface area contributed by atoms with Crippen LogP contribution in [0.3, 0.4) is 0 Å². The van der Waals surface area contributed by atoms with Gasteiger partial charge in [0.15, 0.2) is 18.1 Å². The summed E-state index contributed by atoms with van der Waals surface area (Å²) in [6.07, 6.45) is 1.83. The van der Waals surface area contributed by atoms with Crippen molar-refractivity contribution in [2.75, 3.05) is 13.7 Å². The summed E-state index contributed by atoms with van der Waals surface area (Å²) in [5, 5.41) is 0. The number of hydrogen-bond acceptors (Lipinski definition) is 5. The van der Waals surface area contributed by atoms with Crippen LogP contribution in [-0.2, 0) is 23.3 Å². The molecule has 0 atom stereocenters. The Morgan fingerprint density at radius 2 is 1.92 bits per heavy atom. The Kier molecular flexibility index (Phi) is 4.61. The number of benzene rings is 1. The molecule has 0 fully saturated rings. The number of aromatic nitrogens is 2. The number of para-hydroxylation sites is 2. The zero-order valence-electron chi connectivity index (χ0n) is 15.1. The zero-order valence-corrected chi connectivity index (χ0v) is 15.1. The fourth-order valence-corrected chi connectivity index (χ4v) is 2.66. The Balaban J connectivity index is 1.64. The molecule has 132 valence electrons. The molecule has 2 heterocycles. The third kappa shape index (κ3) is 3.73. The summed E-state index contributed by atoms with van der Waals surface area (Å²) in [5.41, 5.74) is 1.81. The fraction of sp³-hybridized carbons (Fsp3) is 0.421. The number of methoxy groups -OCH3 is 1. The Morgan fingerprint density at radius 3 is 2.60 bits per heavy atom. The summed E-state index contributed by atoms with van der Waals surface area (Å²) in [6, 6.07) is 7.29. The van der Waals surface area contributed by atoms with Crippen molar-refractivity contribution in [2.45, 2.75) is 39.3 Å². The van der Waals surface area contributed by atoms with Crippen LogP contribution in [0.5, 0.6) is 11.5 Å². The topological polar surface area (TPSA) is 64.6 Å². The normalized spacial score (nSPS) is 13.5. The van der Waals surface area contributed by atoms with Gasteiger partial charge in [-0.1, -0.05) is 32.9 Å². The molecule has 1 amide bonds. The predicted molar refractivity (Wildman–Crippen MR) is 93.5 cm³/mol. The Morgan fingerprint density at radius 1 is 1.20 bits per heavy atom. The Hall–Kier alpha value is -2.63. The van der Waals surface area contributed by atoms with Crippen molar-refractivity contribution >= 4 is 5.91 Å². The molecule has 1 aromatic heterocycles. The van der Waals surface area contributed by atoms with Crippen molar-refractivity contribution in [2.24, 2.45) is 0 Å². The van der Waals surface area contributed by atoms with Crippen LogP contribution in [0.2, 0.25) is 0 Å². The summed E-state index contributed by atoms with van der Waals surface area (Å²) in [4.78, 5) is 23.3. The van der Waals surface area contributed by atoms with E-state index >= 15 is 0 Å². The van der Waals surface area contributed by atoms with Crippen LogP contribution in [0.25, 0.3) is 0 Å². The lowest BCUT2D eigenvalue weighted by molar-refractivity contribution is -0.134. The second-order valence-corrected chi connectivity index (χ2v) is 7.10. The summed E-state index contributed by atoms with van der Waals surface area (Å²) in [7, 11) is 1.58. The molecule has 1 aliphatic heterocycles. The van der Waals surface area contributed by atoms with Crippen LogP contribution in [0.4, 0.5) is 0 Å². The molecule has 3 rings (SSSR count). The predicted octanol–water partition coefficient (Wildman–Crippen LogP) is 2.70. The number of hydrogen-bond donors (Lipinski definition) is 0. The number of rotatable bonds is 4. The minimum Gasteiger partial charge on any atom is -0.493 e. The van der Waals surface area contributed by atoms with E-state index in [0.717, 1.165) is 17.1 Å². The van der Waals surface area contributed by atoms with Gasteiger partial charge < -0.3 is 14.4 Å². The average molecular weight is 341 g/mol. The SMILES string of the molecule is COc1ccccc1OCC(=O)N1Cc2cnc(C(C)(C)C)nc2C1. The van der Waals surface area contributed by atoms with Gasteiger partial charge in [0.05, 0.1) is 19.3 Å². The van der Waals surface area contributed by atoms with Crippen LogP contribution >= 0.6 is 0 Å². The third-order valence-corrected chi connectivity index (χ3v) is 4.10. The maximum Gasteiger partial charge on any atom is 0.261 e. The molecule has 0 unspecified atom stereocenters. The fourth-order valence-electron chi connectivity index (χ4n) is 2.66. The van der Waals surface area contributed by atoms with Crippen molar-refractivity contribution in [1.82, 2.24) is 14.9 Å². The van der Waals surface area contributed by atoms with Crippen LogP contribution in [0.15, 0.2) is 30.5 Å². The van der Waals surface area contributed by atoms with Crippen molar-refractivity contribution < 1.29 is 14.3 Å². The minimum absolute atomic E-state index is 0.0338. The largest absolute Gasteiger partial charge is 0.493 e. The van der Waals surface area contributed by atoms with Crippen LogP contribution in [0, 0.1) is 0 Å². The first-order chi connectivity index (χ1) is 11.9. The third-order valence-electron chi connectivity index (χ3n) is 4.10. The van der Waals surface area contributed by atoms with Crippen LogP contribution < -0.4 is 9.47 Å². The first-order valence-corrected chi connectivity index (χ1v) is 8.27. The van der Waals surface area contributed by atoms with Gasteiger partial charge in [0.25, 0.3) is 5.91 Å². The molecule has 0 N–H and O–H groups in total. The highest BCUT2D eigenvalue weighted by Gasteiger charge is 2.27. The Bertz CT molecular complexity index is 784. The van der Waals surface area contributed by atoms with Gasteiger partial charge in [0.1, 0.15) is 5.82 Å². The molecular weight excluding hydrogens is 318 g/mol. The molecule has 1 aliphatic rings. The van der Waals surface area contributed by atoms with Crippen LogP contribution in [0.1, 0.15) is 37.9 Å². The standard InChI is InChI=1S/C19H23N3O3/c1-19(2,3)18-20-9-13-10-22(11-14(13)21-18)17(23)12-25-16-8-6-5-7-15(16)24-4/h5-9H,10-12H2,1-4H3. The van der Waals surface area contributed by atoms with Gasteiger partial charge >= 0.3 is 0 Å². The van der Waals surface area contributed by atoms with E-state index < -0.39 is 0 Å². The van der Waals surface area contributed by atoms with E-state index in [9.17, 15) is 4.79 Å². The number of fused-ring (bicyclic) bond motifs is 1. The van der Waals surface area contributed by atoms with Crippen LogP contribution in [-0.4, -0.2) is 34.5 Å². The highest BCUT2D eigenvalue weighted by Crippen LogP contribution is 2.27. The zero-order chi connectivity index (χ0) is 18.0. The number of nitrogens with zero attached hydrogens (tertiary/aromatic N) is 3. The van der Waals surface area contributed by atoms with Gasteiger partial charge in [-0.05, 0) is 12.1 Å². The van der Waals surface area contributed by atoms with Crippen molar-refractivity contribution in [3.8, 4) is 11.5 Å². The lowest BCUT2D eigenvalue weighted by atomic mass is 9.95. The van der Waals surface area contributed by atoms with E-state index in [1.165, 1.54) is 0 Å². The first kappa shape index (κ1) is 17.2. The van der Waals surface area contributed by atoms with E-state index in [0.29, 0.717) is 24.6 Å². The molecule has 6 heteroatoms. The molecule has 2 aromatic rings.